The maximum absolute atomic E-state index is 12.2. The average molecular weight is 295 g/mol. The smallest absolute Gasteiger partial charge is 0.326 e. The first-order valence-electron chi connectivity index (χ1n) is 7.25. The molecular formula is C15H25N3O3. The van der Waals surface area contributed by atoms with E-state index in [-0.39, 0.29) is 5.41 Å². The Balaban J connectivity index is 2.88. The van der Waals surface area contributed by atoms with Gasteiger partial charge in [-0.15, -0.1) is 0 Å². The highest BCUT2D eigenvalue weighted by Crippen LogP contribution is 2.21. The molecule has 6 nitrogen and oxygen atoms in total. The van der Waals surface area contributed by atoms with Crippen molar-refractivity contribution in [3.63, 3.8) is 0 Å². The Kier molecular flexibility index (Phi) is 5.52. The second-order valence-electron chi connectivity index (χ2n) is 6.29. The Bertz CT molecular complexity index is 515. The van der Waals surface area contributed by atoms with Gasteiger partial charge in [-0.2, -0.15) is 5.10 Å². The topological polar surface area (TPSA) is 84.2 Å². The molecule has 0 aliphatic heterocycles. The lowest BCUT2D eigenvalue weighted by Crippen LogP contribution is -2.41. The lowest BCUT2D eigenvalue weighted by atomic mass is 9.92. The zero-order valence-electron chi connectivity index (χ0n) is 13.4. The number of amides is 1. The molecule has 1 aromatic heterocycles. The number of carboxylic acid groups (broad SMARTS) is 1. The molecule has 0 aliphatic carbocycles. The molecule has 0 saturated heterocycles. The van der Waals surface area contributed by atoms with Crippen LogP contribution in [0, 0.1) is 0 Å². The number of aliphatic carboxylic acids is 1. The Morgan fingerprint density at radius 2 is 2.05 bits per heavy atom. The van der Waals surface area contributed by atoms with E-state index < -0.39 is 17.9 Å². The summed E-state index contributed by atoms with van der Waals surface area (Å²) in [5, 5.41) is 16.1. The van der Waals surface area contributed by atoms with Crippen LogP contribution in [0.4, 0.5) is 0 Å². The molecule has 0 bridgehead atoms. The second kappa shape index (κ2) is 6.74. The molecule has 1 aromatic rings. The minimum atomic E-state index is -1.00. The molecular weight excluding hydrogens is 270 g/mol. The van der Waals surface area contributed by atoms with Gasteiger partial charge in [0.2, 0.25) is 0 Å². The van der Waals surface area contributed by atoms with Gasteiger partial charge in [0.25, 0.3) is 5.91 Å². The Morgan fingerprint density at radius 1 is 1.43 bits per heavy atom. The van der Waals surface area contributed by atoms with Crippen LogP contribution >= 0.6 is 0 Å². The number of nitrogens with zero attached hydrogens (tertiary/aromatic N) is 2. The summed E-state index contributed by atoms with van der Waals surface area (Å²) in [4.78, 5) is 23.4. The van der Waals surface area contributed by atoms with Crippen LogP contribution in [0.15, 0.2) is 6.07 Å². The first kappa shape index (κ1) is 17.2. The van der Waals surface area contributed by atoms with Crippen molar-refractivity contribution >= 4 is 11.9 Å². The summed E-state index contributed by atoms with van der Waals surface area (Å²) in [6.07, 6.45) is 2.08. The highest BCUT2D eigenvalue weighted by Gasteiger charge is 2.25. The van der Waals surface area contributed by atoms with Crippen LogP contribution in [-0.4, -0.2) is 32.8 Å². The maximum atomic E-state index is 12.2. The Morgan fingerprint density at radius 3 is 2.48 bits per heavy atom. The van der Waals surface area contributed by atoms with Crippen molar-refractivity contribution < 1.29 is 14.7 Å². The van der Waals surface area contributed by atoms with E-state index in [9.17, 15) is 9.59 Å². The van der Waals surface area contributed by atoms with E-state index >= 15 is 0 Å². The molecule has 1 rings (SSSR count). The third-order valence-corrected chi connectivity index (χ3v) is 3.33. The molecule has 1 atom stereocenters. The quantitative estimate of drug-likeness (QED) is 0.841. The van der Waals surface area contributed by atoms with E-state index in [0.29, 0.717) is 12.1 Å². The van der Waals surface area contributed by atoms with Crippen molar-refractivity contribution in [1.82, 2.24) is 15.1 Å². The van der Waals surface area contributed by atoms with Crippen molar-refractivity contribution in [2.75, 3.05) is 0 Å². The number of hydrogen-bond acceptors (Lipinski definition) is 3. The molecule has 6 heteroatoms. The van der Waals surface area contributed by atoms with Crippen LogP contribution in [0.2, 0.25) is 0 Å². The Hall–Kier alpha value is -1.85. The van der Waals surface area contributed by atoms with Gasteiger partial charge in [0.15, 0.2) is 0 Å². The van der Waals surface area contributed by atoms with E-state index in [2.05, 4.69) is 10.4 Å². The van der Waals surface area contributed by atoms with Crippen LogP contribution in [0.3, 0.4) is 0 Å². The van der Waals surface area contributed by atoms with Gasteiger partial charge < -0.3 is 10.4 Å². The van der Waals surface area contributed by atoms with E-state index in [0.717, 1.165) is 18.5 Å². The number of carboxylic acids is 1. The molecule has 118 valence electrons. The van der Waals surface area contributed by atoms with Crippen molar-refractivity contribution in [3.05, 3.63) is 17.5 Å². The summed E-state index contributed by atoms with van der Waals surface area (Å²) in [6.45, 7) is 8.02. The van der Waals surface area contributed by atoms with Gasteiger partial charge in [-0.1, -0.05) is 40.5 Å². The fourth-order valence-electron chi connectivity index (χ4n) is 1.94. The van der Waals surface area contributed by atoms with Gasteiger partial charge in [0, 0.05) is 12.5 Å². The van der Waals surface area contributed by atoms with Gasteiger partial charge in [-0.3, -0.25) is 9.48 Å². The summed E-state index contributed by atoms with van der Waals surface area (Å²) in [7, 11) is 1.69. The molecule has 0 radical (unpaired) electrons. The molecule has 2 N–H and O–H groups in total. The molecule has 21 heavy (non-hydrogen) atoms. The zero-order chi connectivity index (χ0) is 16.2. The van der Waals surface area contributed by atoms with E-state index in [1.54, 1.807) is 13.1 Å². The number of aryl methyl sites for hydroxylation is 1. The first-order valence-corrected chi connectivity index (χ1v) is 7.25. The molecule has 0 aromatic carbocycles. The normalized spacial score (nSPS) is 13.0. The van der Waals surface area contributed by atoms with Gasteiger partial charge in [0.05, 0.1) is 5.69 Å². The zero-order valence-corrected chi connectivity index (χ0v) is 13.4. The highest BCUT2D eigenvalue weighted by molar-refractivity contribution is 5.95. The first-order chi connectivity index (χ1) is 9.66. The van der Waals surface area contributed by atoms with E-state index in [1.807, 2.05) is 27.7 Å². The summed E-state index contributed by atoms with van der Waals surface area (Å²) in [6, 6.07) is 0.860. The summed E-state index contributed by atoms with van der Waals surface area (Å²) < 4.78 is 1.49. The number of aromatic nitrogens is 2. The second-order valence-corrected chi connectivity index (χ2v) is 6.29. The number of nitrogens with one attached hydrogen (secondary N) is 1. The molecule has 0 spiro atoms. The summed E-state index contributed by atoms with van der Waals surface area (Å²) >= 11 is 0. The molecule has 1 amide bonds. The molecule has 1 unspecified atom stereocenters. The highest BCUT2D eigenvalue weighted by atomic mass is 16.4. The van der Waals surface area contributed by atoms with E-state index in [4.69, 9.17) is 5.11 Å². The minimum absolute atomic E-state index is 0.162. The van der Waals surface area contributed by atoms with Crippen molar-refractivity contribution in [3.8, 4) is 0 Å². The third-order valence-electron chi connectivity index (χ3n) is 3.33. The fourth-order valence-corrected chi connectivity index (χ4v) is 1.94. The van der Waals surface area contributed by atoms with Crippen molar-refractivity contribution in [1.29, 1.82) is 0 Å². The standard InChI is InChI=1S/C15H25N3O3/c1-6-7-8-10(14(20)21)16-13(19)11-9-12(15(2,3)4)17-18(11)5/h9-10H,6-8H2,1-5H3,(H,16,19)(H,20,21). The molecule has 1 heterocycles. The van der Waals surface area contributed by atoms with Crippen LogP contribution in [0.1, 0.15) is 63.1 Å². The van der Waals surface area contributed by atoms with Crippen molar-refractivity contribution in [2.45, 2.75) is 58.4 Å². The SMILES string of the molecule is CCCCC(NC(=O)c1cc(C(C)(C)C)nn1C)C(=O)O. The maximum Gasteiger partial charge on any atom is 0.326 e. The largest absolute Gasteiger partial charge is 0.480 e. The lowest BCUT2D eigenvalue weighted by molar-refractivity contribution is -0.139. The Labute approximate surface area is 125 Å². The molecule has 0 aliphatic rings. The van der Waals surface area contributed by atoms with Gasteiger partial charge in [-0.25, -0.2) is 4.79 Å². The number of carbonyl (C=O) groups is 2. The van der Waals surface area contributed by atoms with E-state index in [1.165, 1.54) is 4.68 Å². The lowest BCUT2D eigenvalue weighted by Gasteiger charge is -2.14. The number of rotatable bonds is 6. The summed E-state index contributed by atoms with van der Waals surface area (Å²) in [5.41, 5.74) is 1.02. The molecule has 0 fully saturated rings. The minimum Gasteiger partial charge on any atom is -0.480 e. The average Bonchev–Trinajstić information content (AvgIpc) is 2.76. The number of carbonyl (C=O) groups excluding carboxylic acids is 1. The number of unbranched alkanes of at least 4 members (excludes halogenated alkanes) is 1. The summed E-state index contributed by atoms with van der Waals surface area (Å²) in [5.74, 6) is -1.40. The van der Waals surface area contributed by atoms with Gasteiger partial charge in [-0.05, 0) is 12.5 Å². The predicted molar refractivity (Wildman–Crippen MR) is 80.3 cm³/mol. The van der Waals surface area contributed by atoms with Crippen molar-refractivity contribution in [2.24, 2.45) is 7.05 Å². The number of hydrogen-bond donors (Lipinski definition) is 2. The molecule has 0 saturated carbocycles. The fraction of sp³-hybridized carbons (Fsp3) is 0.667. The van der Waals surface area contributed by atoms with Crippen LogP contribution in [0.5, 0.6) is 0 Å². The van der Waals surface area contributed by atoms with Crippen LogP contribution in [0.25, 0.3) is 0 Å². The van der Waals surface area contributed by atoms with Gasteiger partial charge >= 0.3 is 5.97 Å². The van der Waals surface area contributed by atoms with Crippen LogP contribution in [-0.2, 0) is 17.3 Å². The monoisotopic (exact) mass is 295 g/mol. The van der Waals surface area contributed by atoms with Crippen LogP contribution < -0.4 is 5.32 Å². The predicted octanol–water partition coefficient (Wildman–Crippen LogP) is 2.09. The van der Waals surface area contributed by atoms with Gasteiger partial charge in [0.1, 0.15) is 11.7 Å². The third kappa shape index (κ3) is 4.58.